The van der Waals surface area contributed by atoms with Crippen molar-refractivity contribution in [3.63, 3.8) is 0 Å². The van der Waals surface area contributed by atoms with Crippen molar-refractivity contribution in [2.24, 2.45) is 0 Å². The van der Waals surface area contributed by atoms with Crippen LogP contribution in [0.15, 0.2) is 54.6 Å². The molecule has 0 heterocycles. The lowest BCUT2D eigenvalue weighted by molar-refractivity contribution is 0.888. The van der Waals surface area contributed by atoms with E-state index in [-0.39, 0.29) is 0 Å². The Balaban J connectivity index is 2.26. The molecule has 82 valence electrons. The van der Waals surface area contributed by atoms with Crippen LogP contribution < -0.4 is 0 Å². The summed E-state index contributed by atoms with van der Waals surface area (Å²) < 4.78 is 0. The van der Waals surface area contributed by atoms with Gasteiger partial charge in [0.2, 0.25) is 0 Å². The number of alkyl halides is 1. The predicted octanol–water partition coefficient (Wildman–Crippen LogP) is 4.85. The second kappa shape index (κ2) is 5.31. The molecule has 0 aliphatic rings. The predicted molar refractivity (Wildman–Crippen MR) is 74.1 cm³/mol. The van der Waals surface area contributed by atoms with Gasteiger partial charge < -0.3 is 0 Å². The van der Waals surface area contributed by atoms with Gasteiger partial charge in [0.15, 0.2) is 0 Å². The third-order valence-electron chi connectivity index (χ3n) is 2.82. The van der Waals surface area contributed by atoms with E-state index >= 15 is 0 Å². The van der Waals surface area contributed by atoms with Crippen LogP contribution >= 0.6 is 15.9 Å². The van der Waals surface area contributed by atoms with Crippen LogP contribution in [0.5, 0.6) is 0 Å². The average molecular weight is 275 g/mol. The minimum atomic E-state index is 0.574. The maximum Gasteiger partial charge on any atom is 0.00975 e. The first-order valence-corrected chi connectivity index (χ1v) is 6.65. The monoisotopic (exact) mass is 274 g/mol. The Labute approximate surface area is 105 Å². The molecule has 0 radical (unpaired) electrons. The van der Waals surface area contributed by atoms with Gasteiger partial charge in [-0.2, -0.15) is 0 Å². The molecule has 2 rings (SSSR count). The molecule has 1 heteroatoms. The highest BCUT2D eigenvalue weighted by molar-refractivity contribution is 9.09. The van der Waals surface area contributed by atoms with Gasteiger partial charge in [0.1, 0.15) is 0 Å². The van der Waals surface area contributed by atoms with E-state index in [2.05, 4.69) is 71.4 Å². The minimum Gasteiger partial charge on any atom is -0.0922 e. The molecule has 2 aromatic rings. The van der Waals surface area contributed by atoms with Crippen LogP contribution in [0, 0.1) is 0 Å². The van der Waals surface area contributed by atoms with E-state index in [9.17, 15) is 0 Å². The van der Waals surface area contributed by atoms with Crippen molar-refractivity contribution in [3.8, 4) is 11.1 Å². The van der Waals surface area contributed by atoms with Crippen LogP contribution in [0.3, 0.4) is 0 Å². The van der Waals surface area contributed by atoms with Crippen LogP contribution in [-0.4, -0.2) is 5.33 Å². The van der Waals surface area contributed by atoms with E-state index < -0.39 is 0 Å². The molecule has 0 amide bonds. The molecule has 0 saturated heterocycles. The summed E-state index contributed by atoms with van der Waals surface area (Å²) in [6, 6.07) is 19.3. The molecule has 0 N–H and O–H groups in total. The molecular weight excluding hydrogens is 260 g/mol. The standard InChI is InChI=1S/C15H15Br/c1-12(11-16)13-7-9-15(10-8-13)14-5-3-2-4-6-14/h2-10,12H,11H2,1H3. The second-order valence-electron chi connectivity index (χ2n) is 4.04. The fourth-order valence-corrected chi connectivity index (χ4v) is 2.10. The lowest BCUT2D eigenvalue weighted by Gasteiger charge is -2.09. The largest absolute Gasteiger partial charge is 0.0922 e. The van der Waals surface area contributed by atoms with Gasteiger partial charge in [0.05, 0.1) is 0 Å². The Bertz CT molecular complexity index is 431. The first-order valence-electron chi connectivity index (χ1n) is 5.52. The van der Waals surface area contributed by atoms with Gasteiger partial charge in [0.25, 0.3) is 0 Å². The summed E-state index contributed by atoms with van der Waals surface area (Å²) in [7, 11) is 0. The minimum absolute atomic E-state index is 0.574. The molecule has 1 unspecified atom stereocenters. The van der Waals surface area contributed by atoms with Crippen LogP contribution in [0.2, 0.25) is 0 Å². The molecule has 16 heavy (non-hydrogen) atoms. The molecule has 0 aliphatic heterocycles. The number of hydrogen-bond donors (Lipinski definition) is 0. The van der Waals surface area contributed by atoms with Crippen molar-refractivity contribution in [3.05, 3.63) is 60.2 Å². The fourth-order valence-electron chi connectivity index (χ4n) is 1.72. The SMILES string of the molecule is CC(CBr)c1ccc(-c2ccccc2)cc1. The van der Waals surface area contributed by atoms with Crippen molar-refractivity contribution in [1.82, 2.24) is 0 Å². The summed E-state index contributed by atoms with van der Waals surface area (Å²) in [5.74, 6) is 0.574. The highest BCUT2D eigenvalue weighted by Crippen LogP contribution is 2.23. The van der Waals surface area contributed by atoms with E-state index in [4.69, 9.17) is 0 Å². The van der Waals surface area contributed by atoms with Crippen LogP contribution in [-0.2, 0) is 0 Å². The van der Waals surface area contributed by atoms with Gasteiger partial charge in [-0.05, 0) is 22.6 Å². The van der Waals surface area contributed by atoms with Crippen LogP contribution in [0.1, 0.15) is 18.4 Å². The van der Waals surface area contributed by atoms with Gasteiger partial charge in [-0.3, -0.25) is 0 Å². The maximum atomic E-state index is 3.51. The highest BCUT2D eigenvalue weighted by Gasteiger charge is 2.03. The Morgan fingerprint density at radius 1 is 0.875 bits per heavy atom. The third-order valence-corrected chi connectivity index (χ3v) is 3.79. The van der Waals surface area contributed by atoms with Gasteiger partial charge in [-0.15, -0.1) is 0 Å². The first-order chi connectivity index (χ1) is 7.81. The van der Waals surface area contributed by atoms with Crippen LogP contribution in [0.4, 0.5) is 0 Å². The summed E-state index contributed by atoms with van der Waals surface area (Å²) in [5, 5.41) is 1.01. The molecule has 0 saturated carbocycles. The second-order valence-corrected chi connectivity index (χ2v) is 4.69. The molecule has 0 nitrogen and oxygen atoms in total. The number of hydrogen-bond acceptors (Lipinski definition) is 0. The van der Waals surface area contributed by atoms with E-state index in [1.807, 2.05) is 6.07 Å². The molecule has 2 aromatic carbocycles. The van der Waals surface area contributed by atoms with E-state index in [0.29, 0.717) is 5.92 Å². The summed E-state index contributed by atoms with van der Waals surface area (Å²) >= 11 is 3.51. The lowest BCUT2D eigenvalue weighted by Crippen LogP contribution is -1.93. The topological polar surface area (TPSA) is 0 Å². The number of benzene rings is 2. The highest BCUT2D eigenvalue weighted by atomic mass is 79.9. The van der Waals surface area contributed by atoms with Crippen molar-refractivity contribution < 1.29 is 0 Å². The average Bonchev–Trinajstić information content (AvgIpc) is 2.39. The maximum absolute atomic E-state index is 3.51. The summed E-state index contributed by atoms with van der Waals surface area (Å²) in [6.07, 6.45) is 0. The van der Waals surface area contributed by atoms with Gasteiger partial charge in [-0.25, -0.2) is 0 Å². The Hall–Kier alpha value is -1.08. The quantitative estimate of drug-likeness (QED) is 0.702. The zero-order chi connectivity index (χ0) is 11.4. The number of halogens is 1. The molecule has 0 fully saturated rings. The normalized spacial score (nSPS) is 12.4. The van der Waals surface area contributed by atoms with Crippen molar-refractivity contribution in [1.29, 1.82) is 0 Å². The van der Waals surface area contributed by atoms with Gasteiger partial charge in [-0.1, -0.05) is 77.5 Å². The summed E-state index contributed by atoms with van der Waals surface area (Å²) in [4.78, 5) is 0. The smallest absolute Gasteiger partial charge is 0.00975 e. The molecule has 0 spiro atoms. The fraction of sp³-hybridized carbons (Fsp3) is 0.200. The van der Waals surface area contributed by atoms with Crippen LogP contribution in [0.25, 0.3) is 11.1 Å². The first kappa shape index (κ1) is 11.4. The number of rotatable bonds is 3. The lowest BCUT2D eigenvalue weighted by atomic mass is 9.99. The summed E-state index contributed by atoms with van der Waals surface area (Å²) in [5.41, 5.74) is 3.95. The van der Waals surface area contributed by atoms with Crippen molar-refractivity contribution in [2.45, 2.75) is 12.8 Å². The van der Waals surface area contributed by atoms with Gasteiger partial charge in [0, 0.05) is 5.33 Å². The van der Waals surface area contributed by atoms with E-state index in [0.717, 1.165) is 5.33 Å². The van der Waals surface area contributed by atoms with Crippen molar-refractivity contribution in [2.75, 3.05) is 5.33 Å². The van der Waals surface area contributed by atoms with E-state index in [1.54, 1.807) is 0 Å². The zero-order valence-electron chi connectivity index (χ0n) is 9.36. The molecule has 0 aromatic heterocycles. The van der Waals surface area contributed by atoms with Crippen molar-refractivity contribution >= 4 is 15.9 Å². The molecular formula is C15H15Br. The Morgan fingerprint density at radius 2 is 1.44 bits per heavy atom. The molecule has 0 bridgehead atoms. The van der Waals surface area contributed by atoms with Gasteiger partial charge >= 0.3 is 0 Å². The van der Waals surface area contributed by atoms with E-state index in [1.165, 1.54) is 16.7 Å². The zero-order valence-corrected chi connectivity index (χ0v) is 10.9. The molecule has 1 atom stereocenters. The molecule has 0 aliphatic carbocycles. The Kier molecular flexibility index (Phi) is 3.79. The Morgan fingerprint density at radius 3 is 2.00 bits per heavy atom. The third kappa shape index (κ3) is 2.53. The summed E-state index contributed by atoms with van der Waals surface area (Å²) in [6.45, 7) is 2.23.